The molecular formula is C12H18N2O2. The van der Waals surface area contributed by atoms with E-state index in [0.29, 0.717) is 6.61 Å². The molecule has 0 fully saturated rings. The molecule has 0 amide bonds. The van der Waals surface area contributed by atoms with Gasteiger partial charge in [0.15, 0.2) is 0 Å². The van der Waals surface area contributed by atoms with Crippen molar-refractivity contribution >= 4 is 11.7 Å². The number of anilines is 1. The van der Waals surface area contributed by atoms with Gasteiger partial charge in [-0.15, -0.1) is 0 Å². The van der Waals surface area contributed by atoms with Gasteiger partial charge in [0.1, 0.15) is 6.04 Å². The van der Waals surface area contributed by atoms with Gasteiger partial charge >= 0.3 is 5.97 Å². The molecule has 0 bridgehead atoms. The molecule has 0 aromatic heterocycles. The molecule has 0 saturated carbocycles. The average molecular weight is 222 g/mol. The summed E-state index contributed by atoms with van der Waals surface area (Å²) in [5.74, 6) is -0.253. The van der Waals surface area contributed by atoms with Crippen molar-refractivity contribution in [3.8, 4) is 0 Å². The summed E-state index contributed by atoms with van der Waals surface area (Å²) in [6.07, 6.45) is 0. The highest BCUT2D eigenvalue weighted by Crippen LogP contribution is 2.15. The van der Waals surface area contributed by atoms with Gasteiger partial charge in [0.2, 0.25) is 0 Å². The van der Waals surface area contributed by atoms with E-state index in [1.54, 1.807) is 18.7 Å². The maximum atomic E-state index is 11.6. The maximum Gasteiger partial charge on any atom is 0.328 e. The van der Waals surface area contributed by atoms with Crippen LogP contribution in [0.3, 0.4) is 0 Å². The van der Waals surface area contributed by atoms with Crippen molar-refractivity contribution in [1.29, 1.82) is 0 Å². The Labute approximate surface area is 96.0 Å². The number of benzene rings is 1. The number of nitrogens with zero attached hydrogens (tertiary/aromatic N) is 1. The number of rotatable bonds is 5. The summed E-state index contributed by atoms with van der Waals surface area (Å²) in [7, 11) is 0. The Morgan fingerprint density at radius 1 is 1.44 bits per heavy atom. The summed E-state index contributed by atoms with van der Waals surface area (Å²) in [4.78, 5) is 13.4. The van der Waals surface area contributed by atoms with Crippen LogP contribution in [-0.2, 0) is 9.53 Å². The Bertz CT molecular complexity index is 327. The minimum Gasteiger partial charge on any atom is -0.464 e. The number of carbonyl (C=O) groups is 1. The molecule has 88 valence electrons. The van der Waals surface area contributed by atoms with Gasteiger partial charge in [-0.25, -0.2) is 4.79 Å². The Balaban J connectivity index is 2.78. The lowest BCUT2D eigenvalue weighted by molar-refractivity contribution is -0.144. The van der Waals surface area contributed by atoms with Crippen LogP contribution in [0.5, 0.6) is 0 Å². The van der Waals surface area contributed by atoms with Crippen LogP contribution >= 0.6 is 0 Å². The smallest absolute Gasteiger partial charge is 0.328 e. The fourth-order valence-electron chi connectivity index (χ4n) is 1.50. The summed E-state index contributed by atoms with van der Waals surface area (Å²) in [6, 6.07) is 9.22. The fourth-order valence-corrected chi connectivity index (χ4v) is 1.50. The van der Waals surface area contributed by atoms with E-state index in [-0.39, 0.29) is 18.7 Å². The first kappa shape index (κ1) is 12.5. The molecule has 4 heteroatoms. The zero-order valence-electron chi connectivity index (χ0n) is 9.72. The number of hydrogen-bond donors (Lipinski definition) is 1. The van der Waals surface area contributed by atoms with Crippen LogP contribution in [0.25, 0.3) is 0 Å². The Morgan fingerprint density at radius 2 is 2.06 bits per heavy atom. The van der Waals surface area contributed by atoms with Crippen molar-refractivity contribution in [2.75, 3.05) is 18.2 Å². The number of ether oxygens (including phenoxy) is 1. The molecule has 2 N–H and O–H groups in total. The Morgan fingerprint density at radius 3 is 2.56 bits per heavy atom. The van der Waals surface area contributed by atoms with E-state index in [4.69, 9.17) is 10.5 Å². The third-order valence-electron chi connectivity index (χ3n) is 2.38. The van der Waals surface area contributed by atoms with Crippen molar-refractivity contribution < 1.29 is 9.53 Å². The Hall–Kier alpha value is -1.55. The van der Waals surface area contributed by atoms with Gasteiger partial charge in [-0.05, 0) is 26.0 Å². The number of nitrogens with two attached hydrogens (primary N) is 1. The summed E-state index contributed by atoms with van der Waals surface area (Å²) in [6.45, 7) is 4.25. The quantitative estimate of drug-likeness (QED) is 0.603. The van der Waals surface area contributed by atoms with Gasteiger partial charge < -0.3 is 15.4 Å². The molecule has 4 nitrogen and oxygen atoms in total. The maximum absolute atomic E-state index is 11.6. The van der Waals surface area contributed by atoms with Crippen LogP contribution in [0.15, 0.2) is 30.3 Å². The molecule has 0 aliphatic rings. The van der Waals surface area contributed by atoms with Gasteiger partial charge in [0, 0.05) is 5.69 Å². The second kappa shape index (κ2) is 6.12. The van der Waals surface area contributed by atoms with Gasteiger partial charge in [-0.3, -0.25) is 0 Å². The SMILES string of the molecule is CCOC(=O)C(C)N(CN)c1ccccc1. The first-order valence-corrected chi connectivity index (χ1v) is 5.39. The first-order chi connectivity index (χ1) is 7.70. The van der Waals surface area contributed by atoms with Crippen molar-refractivity contribution in [1.82, 2.24) is 0 Å². The minimum absolute atomic E-state index is 0.253. The predicted octanol–water partition coefficient (Wildman–Crippen LogP) is 1.36. The molecule has 0 heterocycles. The second-order valence-electron chi connectivity index (χ2n) is 3.42. The molecule has 1 unspecified atom stereocenters. The number of esters is 1. The Kier molecular flexibility index (Phi) is 4.79. The lowest BCUT2D eigenvalue weighted by atomic mass is 10.2. The van der Waals surface area contributed by atoms with E-state index in [2.05, 4.69) is 0 Å². The third kappa shape index (κ3) is 2.97. The largest absolute Gasteiger partial charge is 0.464 e. The molecule has 16 heavy (non-hydrogen) atoms. The number of para-hydroxylation sites is 1. The minimum atomic E-state index is -0.368. The van der Waals surface area contributed by atoms with E-state index in [1.807, 2.05) is 30.3 Å². The van der Waals surface area contributed by atoms with Crippen molar-refractivity contribution in [2.24, 2.45) is 5.73 Å². The predicted molar refractivity (Wildman–Crippen MR) is 64.1 cm³/mol. The molecule has 1 aromatic rings. The van der Waals surface area contributed by atoms with Crippen LogP contribution in [0.4, 0.5) is 5.69 Å². The van der Waals surface area contributed by atoms with Crippen molar-refractivity contribution in [2.45, 2.75) is 19.9 Å². The average Bonchev–Trinajstić information content (AvgIpc) is 2.31. The molecule has 0 aliphatic heterocycles. The summed E-state index contributed by atoms with van der Waals surface area (Å²) in [5.41, 5.74) is 6.58. The molecule has 1 atom stereocenters. The van der Waals surface area contributed by atoms with Gasteiger partial charge in [-0.1, -0.05) is 18.2 Å². The van der Waals surface area contributed by atoms with Gasteiger partial charge in [-0.2, -0.15) is 0 Å². The van der Waals surface area contributed by atoms with Crippen LogP contribution in [0.2, 0.25) is 0 Å². The van der Waals surface area contributed by atoms with Crippen LogP contribution < -0.4 is 10.6 Å². The molecule has 0 spiro atoms. The zero-order valence-corrected chi connectivity index (χ0v) is 9.72. The summed E-state index contributed by atoms with van der Waals surface area (Å²) >= 11 is 0. The van der Waals surface area contributed by atoms with Gasteiger partial charge in [0.25, 0.3) is 0 Å². The lowest BCUT2D eigenvalue weighted by Gasteiger charge is -2.28. The van der Waals surface area contributed by atoms with E-state index in [9.17, 15) is 4.79 Å². The normalized spacial score (nSPS) is 11.9. The lowest BCUT2D eigenvalue weighted by Crippen LogP contribution is -2.43. The monoisotopic (exact) mass is 222 g/mol. The van der Waals surface area contributed by atoms with Crippen LogP contribution in [-0.4, -0.2) is 25.3 Å². The standard InChI is InChI=1S/C12H18N2O2/c1-3-16-12(15)10(2)14(9-13)11-7-5-4-6-8-11/h4-8,10H,3,9,13H2,1-2H3. The van der Waals surface area contributed by atoms with Crippen LogP contribution in [0, 0.1) is 0 Å². The number of hydrogen-bond acceptors (Lipinski definition) is 4. The third-order valence-corrected chi connectivity index (χ3v) is 2.38. The highest BCUT2D eigenvalue weighted by Gasteiger charge is 2.21. The molecule has 0 saturated heterocycles. The van der Waals surface area contributed by atoms with E-state index in [0.717, 1.165) is 5.69 Å². The molecular weight excluding hydrogens is 204 g/mol. The van der Waals surface area contributed by atoms with E-state index < -0.39 is 0 Å². The first-order valence-electron chi connectivity index (χ1n) is 5.39. The molecule has 1 rings (SSSR count). The molecule has 1 aromatic carbocycles. The van der Waals surface area contributed by atoms with E-state index in [1.165, 1.54) is 0 Å². The van der Waals surface area contributed by atoms with E-state index >= 15 is 0 Å². The topological polar surface area (TPSA) is 55.6 Å². The van der Waals surface area contributed by atoms with Crippen molar-refractivity contribution in [3.05, 3.63) is 30.3 Å². The number of carbonyl (C=O) groups excluding carboxylic acids is 1. The molecule has 0 radical (unpaired) electrons. The summed E-state index contributed by atoms with van der Waals surface area (Å²) in [5, 5.41) is 0. The fraction of sp³-hybridized carbons (Fsp3) is 0.417. The second-order valence-corrected chi connectivity index (χ2v) is 3.42. The summed E-state index contributed by atoms with van der Waals surface area (Å²) < 4.78 is 4.97. The molecule has 0 aliphatic carbocycles. The van der Waals surface area contributed by atoms with Crippen molar-refractivity contribution in [3.63, 3.8) is 0 Å². The highest BCUT2D eigenvalue weighted by atomic mass is 16.5. The zero-order chi connectivity index (χ0) is 12.0. The highest BCUT2D eigenvalue weighted by molar-refractivity contribution is 5.79. The van der Waals surface area contributed by atoms with Gasteiger partial charge in [0.05, 0.1) is 13.3 Å². The van der Waals surface area contributed by atoms with Crippen LogP contribution in [0.1, 0.15) is 13.8 Å².